The molecule has 0 aliphatic heterocycles. The third-order valence-electron chi connectivity index (χ3n) is 6.09. The summed E-state index contributed by atoms with van der Waals surface area (Å²) in [6.07, 6.45) is 3.69. The lowest BCUT2D eigenvalue weighted by Crippen LogP contribution is -2.36. The van der Waals surface area contributed by atoms with E-state index in [1.165, 1.54) is 33.5 Å². The van der Waals surface area contributed by atoms with Gasteiger partial charge in [0.2, 0.25) is 11.7 Å². The number of rotatable bonds is 8. The molecule has 0 aliphatic carbocycles. The molecule has 0 unspecified atom stereocenters. The molecular weight excluding hydrogens is 510 g/mol. The highest BCUT2D eigenvalue weighted by Gasteiger charge is 2.17. The highest BCUT2D eigenvalue weighted by Crippen LogP contribution is 2.38. The van der Waals surface area contributed by atoms with Crippen LogP contribution in [0, 0.1) is 6.92 Å². The van der Waals surface area contributed by atoms with Crippen molar-refractivity contribution in [2.24, 2.45) is 10.7 Å². The average molecular weight is 541 g/mol. The number of anilines is 1. The van der Waals surface area contributed by atoms with Gasteiger partial charge >= 0.3 is 0 Å². The number of aromatic nitrogens is 1. The number of aromatic amines is 1. The number of nitrogens with zero attached hydrogens (tertiary/aromatic N) is 1. The number of amides is 2. The lowest BCUT2D eigenvalue weighted by atomic mass is 10.0. The second-order valence-electron chi connectivity index (χ2n) is 8.68. The van der Waals surface area contributed by atoms with E-state index in [4.69, 9.17) is 19.9 Å². The van der Waals surface area contributed by atoms with Crippen molar-refractivity contribution in [3.05, 3.63) is 95.8 Å². The van der Waals surface area contributed by atoms with E-state index < -0.39 is 5.91 Å². The first kappa shape index (κ1) is 27.6. The van der Waals surface area contributed by atoms with Gasteiger partial charge in [-0.3, -0.25) is 14.9 Å². The van der Waals surface area contributed by atoms with E-state index in [1.807, 2.05) is 43.6 Å². The number of H-pyrrole nitrogens is 1. The number of aryl methyl sites for hydroxylation is 1. The summed E-state index contributed by atoms with van der Waals surface area (Å²) in [7, 11) is 4.40. The first-order valence-corrected chi connectivity index (χ1v) is 12.3. The van der Waals surface area contributed by atoms with Gasteiger partial charge in [0, 0.05) is 28.9 Å². The van der Waals surface area contributed by atoms with Crippen LogP contribution in [0.1, 0.15) is 26.3 Å². The summed E-state index contributed by atoms with van der Waals surface area (Å²) < 4.78 is 15.9. The SMILES string of the molecule is COc1cc(C(=O)NC(N)=Nc2ccc(C)c(NC(=O)c3ccc(-c4cc[nH+]cc4)cc3)c2)cc(OC)c1OC. The van der Waals surface area contributed by atoms with Crippen molar-refractivity contribution in [3.63, 3.8) is 0 Å². The molecule has 0 aliphatic rings. The maximum absolute atomic E-state index is 12.9. The number of nitrogens with two attached hydrogens (primary N) is 1. The summed E-state index contributed by atoms with van der Waals surface area (Å²) in [5, 5.41) is 5.47. The van der Waals surface area contributed by atoms with Crippen LogP contribution in [-0.4, -0.2) is 39.1 Å². The lowest BCUT2D eigenvalue weighted by molar-refractivity contribution is -0.377. The van der Waals surface area contributed by atoms with Crippen LogP contribution in [-0.2, 0) is 0 Å². The fourth-order valence-corrected chi connectivity index (χ4v) is 3.97. The van der Waals surface area contributed by atoms with Gasteiger partial charge in [-0.2, -0.15) is 0 Å². The van der Waals surface area contributed by atoms with Crippen LogP contribution in [0.15, 0.2) is 84.1 Å². The fraction of sp³-hybridized carbons (Fsp3) is 0.133. The van der Waals surface area contributed by atoms with E-state index in [0.29, 0.717) is 34.2 Å². The molecule has 10 heteroatoms. The third kappa shape index (κ3) is 6.36. The van der Waals surface area contributed by atoms with Gasteiger partial charge in [0.15, 0.2) is 23.9 Å². The summed E-state index contributed by atoms with van der Waals surface area (Å²) in [5.74, 6) is 0.112. The number of benzene rings is 3. The number of pyridine rings is 1. The first-order chi connectivity index (χ1) is 19.3. The Morgan fingerprint density at radius 2 is 1.40 bits per heavy atom. The summed E-state index contributed by atoms with van der Waals surface area (Å²) in [6, 6.07) is 19.5. The number of hydrogen-bond donors (Lipinski definition) is 3. The molecule has 1 heterocycles. The number of aliphatic imine (C=N–C) groups is 1. The molecule has 0 spiro atoms. The number of hydrogen-bond acceptors (Lipinski definition) is 6. The number of guanidine groups is 1. The number of nitrogens with one attached hydrogen (secondary N) is 3. The highest BCUT2D eigenvalue weighted by atomic mass is 16.5. The number of carbonyl (C=O) groups excluding carboxylic acids is 2. The highest BCUT2D eigenvalue weighted by molar-refractivity contribution is 6.07. The van der Waals surface area contributed by atoms with Gasteiger partial charge in [0.05, 0.1) is 27.0 Å². The van der Waals surface area contributed by atoms with Crippen molar-refractivity contribution in [2.75, 3.05) is 26.6 Å². The minimum Gasteiger partial charge on any atom is -0.493 e. The second kappa shape index (κ2) is 12.4. The predicted molar refractivity (Wildman–Crippen MR) is 152 cm³/mol. The molecule has 4 aromatic rings. The maximum atomic E-state index is 12.9. The van der Waals surface area contributed by atoms with Crippen molar-refractivity contribution < 1.29 is 28.8 Å². The zero-order chi connectivity index (χ0) is 28.6. The van der Waals surface area contributed by atoms with E-state index in [-0.39, 0.29) is 17.4 Å². The van der Waals surface area contributed by atoms with Crippen molar-refractivity contribution >= 4 is 29.1 Å². The molecule has 2 amide bonds. The molecule has 0 radical (unpaired) electrons. The Kier molecular flexibility index (Phi) is 8.60. The second-order valence-corrected chi connectivity index (χ2v) is 8.68. The molecule has 5 N–H and O–H groups in total. The smallest absolute Gasteiger partial charge is 0.258 e. The van der Waals surface area contributed by atoms with E-state index in [0.717, 1.165) is 16.7 Å². The van der Waals surface area contributed by atoms with E-state index >= 15 is 0 Å². The third-order valence-corrected chi connectivity index (χ3v) is 6.09. The minimum atomic E-state index is -0.516. The molecule has 204 valence electrons. The number of ether oxygens (including phenoxy) is 3. The van der Waals surface area contributed by atoms with E-state index in [1.54, 1.807) is 30.3 Å². The van der Waals surface area contributed by atoms with Gasteiger partial charge in [-0.25, -0.2) is 9.98 Å². The van der Waals surface area contributed by atoms with Gasteiger partial charge in [-0.1, -0.05) is 18.2 Å². The molecule has 40 heavy (non-hydrogen) atoms. The summed E-state index contributed by atoms with van der Waals surface area (Å²) >= 11 is 0. The van der Waals surface area contributed by atoms with Crippen molar-refractivity contribution in [3.8, 4) is 28.4 Å². The predicted octanol–water partition coefficient (Wildman–Crippen LogP) is 4.13. The van der Waals surface area contributed by atoms with Crippen LogP contribution in [0.5, 0.6) is 17.2 Å². The Morgan fingerprint density at radius 1 is 0.775 bits per heavy atom. The molecule has 0 fully saturated rings. The standard InChI is InChI=1S/C30H29N5O5/c1-18-5-10-23(33-30(31)35-29(37)22-15-25(38-2)27(40-4)26(16-22)39-3)17-24(18)34-28(36)21-8-6-19(7-9-21)20-11-13-32-14-12-20/h5-17H,1-4H3,(H,34,36)(H3,31,33,35,37)/p+1. The van der Waals surface area contributed by atoms with Crippen molar-refractivity contribution in [2.45, 2.75) is 6.92 Å². The normalized spacial score (nSPS) is 10.9. The van der Waals surface area contributed by atoms with Crippen LogP contribution in [0.3, 0.4) is 0 Å². The van der Waals surface area contributed by atoms with Gasteiger partial charge in [0.1, 0.15) is 0 Å². The topological polar surface area (TPSA) is 138 Å². The van der Waals surface area contributed by atoms with Crippen molar-refractivity contribution in [1.29, 1.82) is 0 Å². The Morgan fingerprint density at radius 3 is 2.00 bits per heavy atom. The first-order valence-electron chi connectivity index (χ1n) is 12.3. The van der Waals surface area contributed by atoms with Gasteiger partial charge in [0.25, 0.3) is 11.8 Å². The van der Waals surface area contributed by atoms with Crippen molar-refractivity contribution in [1.82, 2.24) is 5.32 Å². The van der Waals surface area contributed by atoms with Gasteiger partial charge in [-0.15, -0.1) is 0 Å². The molecule has 0 saturated carbocycles. The van der Waals surface area contributed by atoms with Crippen LogP contribution in [0.2, 0.25) is 0 Å². The van der Waals surface area contributed by atoms with Gasteiger partial charge < -0.3 is 25.3 Å². The minimum absolute atomic E-state index is 0.131. The summed E-state index contributed by atoms with van der Waals surface area (Å²) in [4.78, 5) is 33.1. The number of methoxy groups -OCH3 is 3. The van der Waals surface area contributed by atoms with Crippen LogP contribution in [0.25, 0.3) is 11.1 Å². The van der Waals surface area contributed by atoms with Crippen LogP contribution in [0.4, 0.5) is 11.4 Å². The average Bonchev–Trinajstić information content (AvgIpc) is 2.98. The molecule has 10 nitrogen and oxygen atoms in total. The molecule has 0 bridgehead atoms. The molecule has 0 saturated heterocycles. The quantitative estimate of drug-likeness (QED) is 0.227. The zero-order valence-electron chi connectivity index (χ0n) is 22.6. The summed E-state index contributed by atoms with van der Waals surface area (Å²) in [5.41, 5.74) is 10.7. The van der Waals surface area contributed by atoms with Crippen LogP contribution >= 0.6 is 0 Å². The van der Waals surface area contributed by atoms with Crippen LogP contribution < -0.4 is 35.6 Å². The monoisotopic (exact) mass is 540 g/mol. The van der Waals surface area contributed by atoms with E-state index in [2.05, 4.69) is 20.6 Å². The molecular formula is C30H30N5O5+. The zero-order valence-corrected chi connectivity index (χ0v) is 22.6. The maximum Gasteiger partial charge on any atom is 0.258 e. The number of carbonyl (C=O) groups is 2. The lowest BCUT2D eigenvalue weighted by Gasteiger charge is -2.14. The Labute approximate surface area is 231 Å². The Hall–Kier alpha value is -5.38. The molecule has 4 rings (SSSR count). The molecule has 1 aromatic heterocycles. The molecule has 3 aromatic carbocycles. The Bertz CT molecular complexity index is 1530. The largest absolute Gasteiger partial charge is 0.493 e. The fourth-order valence-electron chi connectivity index (χ4n) is 3.97. The molecule has 0 atom stereocenters. The Balaban J connectivity index is 1.47. The summed E-state index contributed by atoms with van der Waals surface area (Å²) in [6.45, 7) is 1.87. The van der Waals surface area contributed by atoms with E-state index in [9.17, 15) is 9.59 Å². The van der Waals surface area contributed by atoms with Gasteiger partial charge in [-0.05, 0) is 60.0 Å².